The number of aliphatic hydroxyl groups excluding tert-OH is 2. The maximum Gasteiger partial charge on any atom is 0.0897 e. The molecule has 17 heavy (non-hydrogen) atoms. The van der Waals surface area contributed by atoms with Crippen molar-refractivity contribution in [1.82, 2.24) is 4.90 Å². The number of nitriles is 1. The lowest BCUT2D eigenvalue weighted by Crippen LogP contribution is -2.36. The summed E-state index contributed by atoms with van der Waals surface area (Å²) in [4.78, 5) is 1.81. The van der Waals surface area contributed by atoms with Crippen molar-refractivity contribution in [2.75, 3.05) is 32.8 Å². The van der Waals surface area contributed by atoms with Crippen LogP contribution in [0.4, 0.5) is 0 Å². The van der Waals surface area contributed by atoms with Crippen molar-refractivity contribution in [3.8, 4) is 6.07 Å². The highest BCUT2D eigenvalue weighted by Crippen LogP contribution is 2.07. The van der Waals surface area contributed by atoms with E-state index < -0.39 is 6.10 Å². The largest absolute Gasteiger partial charge is 0.394 e. The van der Waals surface area contributed by atoms with Crippen molar-refractivity contribution in [3.63, 3.8) is 0 Å². The van der Waals surface area contributed by atoms with Crippen LogP contribution in [0.15, 0.2) is 0 Å². The Hall–Kier alpha value is -0.670. The summed E-state index contributed by atoms with van der Waals surface area (Å²) in [5, 5.41) is 26.7. The molecule has 0 aliphatic rings. The molecule has 0 aromatic rings. The topological polar surface area (TPSA) is 76.7 Å². The molecule has 0 rings (SSSR count). The first-order valence-corrected chi connectivity index (χ1v) is 5.91. The highest BCUT2D eigenvalue weighted by molar-refractivity contribution is 4.78. The van der Waals surface area contributed by atoms with E-state index in [0.717, 1.165) is 6.42 Å². The van der Waals surface area contributed by atoms with E-state index in [1.165, 1.54) is 0 Å². The molecule has 0 amide bonds. The van der Waals surface area contributed by atoms with Crippen LogP contribution in [0.2, 0.25) is 0 Å². The van der Waals surface area contributed by atoms with Crippen LogP contribution in [0.3, 0.4) is 0 Å². The average Bonchev–Trinajstić information content (AvgIpc) is 2.23. The van der Waals surface area contributed by atoms with Gasteiger partial charge < -0.3 is 14.9 Å². The maximum atomic E-state index is 9.31. The van der Waals surface area contributed by atoms with Crippen LogP contribution in [0, 0.1) is 11.3 Å². The molecule has 0 saturated carbocycles. The predicted octanol–water partition coefficient (Wildman–Crippen LogP) is 0.370. The third-order valence-electron chi connectivity index (χ3n) is 2.13. The van der Waals surface area contributed by atoms with E-state index in [2.05, 4.69) is 0 Å². The minimum absolute atomic E-state index is 0.148. The fourth-order valence-corrected chi connectivity index (χ4v) is 1.36. The minimum atomic E-state index is -0.785. The van der Waals surface area contributed by atoms with Gasteiger partial charge >= 0.3 is 0 Å². The Kier molecular flexibility index (Phi) is 8.09. The first kappa shape index (κ1) is 16.3. The first-order chi connectivity index (χ1) is 7.89. The van der Waals surface area contributed by atoms with Gasteiger partial charge in [0.2, 0.25) is 0 Å². The van der Waals surface area contributed by atoms with Crippen LogP contribution < -0.4 is 0 Å². The van der Waals surface area contributed by atoms with Crippen LogP contribution in [0.1, 0.15) is 27.2 Å². The monoisotopic (exact) mass is 244 g/mol. The Morgan fingerprint density at radius 3 is 2.53 bits per heavy atom. The third kappa shape index (κ3) is 10.2. The van der Waals surface area contributed by atoms with Crippen molar-refractivity contribution >= 4 is 0 Å². The number of aliphatic hydroxyl groups is 2. The Morgan fingerprint density at radius 1 is 1.41 bits per heavy atom. The smallest absolute Gasteiger partial charge is 0.0897 e. The molecule has 100 valence electrons. The van der Waals surface area contributed by atoms with Crippen molar-refractivity contribution in [1.29, 1.82) is 5.26 Å². The van der Waals surface area contributed by atoms with Crippen LogP contribution in [0.25, 0.3) is 0 Å². The molecule has 0 saturated heterocycles. The summed E-state index contributed by atoms with van der Waals surface area (Å²) in [6.07, 6.45) is 0.0174. The molecule has 0 bridgehead atoms. The van der Waals surface area contributed by atoms with E-state index >= 15 is 0 Å². The van der Waals surface area contributed by atoms with Gasteiger partial charge in [-0.1, -0.05) is 0 Å². The number of ether oxygens (including phenoxy) is 1. The molecule has 2 N–H and O–H groups in total. The predicted molar refractivity (Wildman–Crippen MR) is 65.5 cm³/mol. The van der Waals surface area contributed by atoms with E-state index in [1.54, 1.807) is 0 Å². The van der Waals surface area contributed by atoms with Crippen LogP contribution in [-0.2, 0) is 4.74 Å². The SMILES string of the molecule is CC(C)(C)OCCCN(CC#N)CC(O)CO. The summed E-state index contributed by atoms with van der Waals surface area (Å²) in [5.41, 5.74) is -0.148. The highest BCUT2D eigenvalue weighted by atomic mass is 16.5. The van der Waals surface area contributed by atoms with Gasteiger partial charge in [-0.15, -0.1) is 0 Å². The second-order valence-electron chi connectivity index (χ2n) is 5.04. The van der Waals surface area contributed by atoms with Crippen molar-refractivity contribution in [2.24, 2.45) is 0 Å². The molecule has 1 unspecified atom stereocenters. The van der Waals surface area contributed by atoms with Gasteiger partial charge in [-0.05, 0) is 27.2 Å². The summed E-state index contributed by atoms with van der Waals surface area (Å²) in [5.74, 6) is 0. The quantitative estimate of drug-likeness (QED) is 0.476. The Balaban J connectivity index is 3.82. The molecule has 0 fully saturated rings. The fraction of sp³-hybridized carbons (Fsp3) is 0.917. The lowest BCUT2D eigenvalue weighted by molar-refractivity contribution is -0.00865. The van der Waals surface area contributed by atoms with Gasteiger partial charge in [0.25, 0.3) is 0 Å². The molecule has 5 nitrogen and oxygen atoms in total. The molecule has 1 atom stereocenters. The van der Waals surface area contributed by atoms with Gasteiger partial charge in [-0.2, -0.15) is 5.26 Å². The average molecular weight is 244 g/mol. The first-order valence-electron chi connectivity index (χ1n) is 5.91. The molecule has 0 spiro atoms. The third-order valence-corrected chi connectivity index (χ3v) is 2.13. The Bertz CT molecular complexity index is 233. The van der Waals surface area contributed by atoms with Gasteiger partial charge in [0.1, 0.15) is 0 Å². The zero-order valence-corrected chi connectivity index (χ0v) is 11.0. The van der Waals surface area contributed by atoms with Crippen LogP contribution >= 0.6 is 0 Å². The zero-order valence-electron chi connectivity index (χ0n) is 11.0. The van der Waals surface area contributed by atoms with E-state index in [0.29, 0.717) is 19.7 Å². The number of rotatable bonds is 8. The van der Waals surface area contributed by atoms with Gasteiger partial charge in [-0.3, -0.25) is 4.90 Å². The summed E-state index contributed by atoms with van der Waals surface area (Å²) >= 11 is 0. The normalized spacial score (nSPS) is 13.7. The number of hydrogen-bond acceptors (Lipinski definition) is 5. The second-order valence-corrected chi connectivity index (χ2v) is 5.04. The highest BCUT2D eigenvalue weighted by Gasteiger charge is 2.12. The Labute approximate surface area is 104 Å². The van der Waals surface area contributed by atoms with Gasteiger partial charge in [0.05, 0.1) is 30.9 Å². The van der Waals surface area contributed by atoms with Gasteiger partial charge in [0, 0.05) is 19.7 Å². The molecule has 0 aromatic heterocycles. The zero-order chi connectivity index (χ0) is 13.3. The van der Waals surface area contributed by atoms with Crippen molar-refractivity contribution < 1.29 is 14.9 Å². The van der Waals surface area contributed by atoms with E-state index in [1.807, 2.05) is 31.7 Å². The van der Waals surface area contributed by atoms with Crippen LogP contribution in [-0.4, -0.2) is 59.7 Å². The molecule has 5 heteroatoms. The molecule has 0 aliphatic carbocycles. The molecule has 0 aromatic carbocycles. The van der Waals surface area contributed by atoms with E-state index in [-0.39, 0.29) is 18.8 Å². The summed E-state index contributed by atoms with van der Waals surface area (Å²) in [6, 6.07) is 2.05. The van der Waals surface area contributed by atoms with E-state index in [9.17, 15) is 5.11 Å². The lowest BCUT2D eigenvalue weighted by Gasteiger charge is -2.23. The summed E-state index contributed by atoms with van der Waals surface area (Å²) < 4.78 is 5.57. The van der Waals surface area contributed by atoms with Crippen molar-refractivity contribution in [3.05, 3.63) is 0 Å². The number of nitrogens with zero attached hydrogens (tertiary/aromatic N) is 2. The van der Waals surface area contributed by atoms with E-state index in [4.69, 9.17) is 15.1 Å². The maximum absolute atomic E-state index is 9.31. The standard InChI is InChI=1S/C12H24N2O3/c1-12(2,3)17-8-4-6-14(7-5-13)9-11(16)10-15/h11,15-16H,4,6-10H2,1-3H3. The molecule has 0 heterocycles. The van der Waals surface area contributed by atoms with Crippen LogP contribution in [0.5, 0.6) is 0 Å². The van der Waals surface area contributed by atoms with Gasteiger partial charge in [0.15, 0.2) is 0 Å². The summed E-state index contributed by atoms with van der Waals surface area (Å²) in [6.45, 7) is 7.59. The number of hydrogen-bond donors (Lipinski definition) is 2. The van der Waals surface area contributed by atoms with Crippen molar-refractivity contribution in [2.45, 2.75) is 38.9 Å². The molecular formula is C12H24N2O3. The second kappa shape index (κ2) is 8.43. The minimum Gasteiger partial charge on any atom is -0.394 e. The van der Waals surface area contributed by atoms with Gasteiger partial charge in [-0.25, -0.2) is 0 Å². The Morgan fingerprint density at radius 2 is 2.06 bits per heavy atom. The molecular weight excluding hydrogens is 220 g/mol. The molecule has 0 radical (unpaired) electrons. The molecule has 0 aliphatic heterocycles. The lowest BCUT2D eigenvalue weighted by atomic mass is 10.2. The summed E-state index contributed by atoms with van der Waals surface area (Å²) in [7, 11) is 0. The fourth-order valence-electron chi connectivity index (χ4n) is 1.36.